The van der Waals surface area contributed by atoms with Crippen molar-refractivity contribution in [2.45, 2.75) is 6.54 Å². The fourth-order valence-electron chi connectivity index (χ4n) is 3.38. The predicted octanol–water partition coefficient (Wildman–Crippen LogP) is 2.74. The van der Waals surface area contributed by atoms with Gasteiger partial charge in [0.2, 0.25) is 5.91 Å². The van der Waals surface area contributed by atoms with Crippen molar-refractivity contribution in [3.63, 3.8) is 0 Å². The van der Waals surface area contributed by atoms with E-state index in [9.17, 15) is 4.79 Å². The molecule has 4 rings (SSSR count). The number of carbonyl (C=O) groups is 1. The van der Waals surface area contributed by atoms with Gasteiger partial charge in [0.15, 0.2) is 0 Å². The molecule has 1 aliphatic rings. The molecule has 1 saturated heterocycles. The summed E-state index contributed by atoms with van der Waals surface area (Å²) in [6, 6.07) is 20.7. The van der Waals surface area contributed by atoms with E-state index in [2.05, 4.69) is 40.2 Å². The summed E-state index contributed by atoms with van der Waals surface area (Å²) in [5.74, 6) is 0.190. The van der Waals surface area contributed by atoms with Crippen molar-refractivity contribution in [2.75, 3.05) is 26.2 Å². The third kappa shape index (κ3) is 2.81. The number of nitrogens with one attached hydrogen (secondary N) is 1. The van der Waals surface area contributed by atoms with Gasteiger partial charge in [-0.25, -0.2) is 0 Å². The first-order chi connectivity index (χ1) is 11.8. The molecule has 24 heavy (non-hydrogen) atoms. The van der Waals surface area contributed by atoms with Crippen LogP contribution in [0, 0.1) is 0 Å². The number of benzene rings is 2. The van der Waals surface area contributed by atoms with E-state index in [1.165, 1.54) is 5.39 Å². The Labute approximate surface area is 141 Å². The van der Waals surface area contributed by atoms with E-state index in [1.54, 1.807) is 0 Å². The lowest BCUT2D eigenvalue weighted by atomic mass is 10.1. The van der Waals surface area contributed by atoms with Crippen LogP contribution in [0.2, 0.25) is 0 Å². The van der Waals surface area contributed by atoms with Gasteiger partial charge >= 0.3 is 0 Å². The molecule has 4 heteroatoms. The molecule has 0 radical (unpaired) electrons. The molecule has 1 aromatic heterocycles. The topological polar surface area (TPSA) is 37.3 Å². The van der Waals surface area contributed by atoms with Crippen LogP contribution in [0.3, 0.4) is 0 Å². The number of fused-ring (bicyclic) bond motifs is 1. The molecule has 1 amide bonds. The highest BCUT2D eigenvalue weighted by Gasteiger charge is 2.19. The molecule has 0 spiro atoms. The molecule has 4 nitrogen and oxygen atoms in total. The van der Waals surface area contributed by atoms with E-state index < -0.39 is 0 Å². The highest BCUT2D eigenvalue weighted by Crippen LogP contribution is 2.28. The summed E-state index contributed by atoms with van der Waals surface area (Å²) in [6.45, 7) is 3.72. The molecule has 0 unspecified atom stereocenters. The van der Waals surface area contributed by atoms with Gasteiger partial charge in [0.25, 0.3) is 0 Å². The van der Waals surface area contributed by atoms with Crippen molar-refractivity contribution in [1.29, 1.82) is 0 Å². The van der Waals surface area contributed by atoms with E-state index >= 15 is 0 Å². The van der Waals surface area contributed by atoms with Gasteiger partial charge < -0.3 is 14.8 Å². The van der Waals surface area contributed by atoms with E-state index in [0.29, 0.717) is 6.54 Å². The van der Waals surface area contributed by atoms with Crippen LogP contribution in [0.5, 0.6) is 0 Å². The van der Waals surface area contributed by atoms with Crippen molar-refractivity contribution in [2.24, 2.45) is 0 Å². The minimum atomic E-state index is 0.190. The molecule has 0 bridgehead atoms. The first-order valence-electron chi connectivity index (χ1n) is 8.45. The highest BCUT2D eigenvalue weighted by molar-refractivity contribution is 5.89. The molecule has 0 saturated carbocycles. The normalized spacial score (nSPS) is 14.9. The van der Waals surface area contributed by atoms with Crippen molar-refractivity contribution in [1.82, 2.24) is 14.8 Å². The zero-order valence-electron chi connectivity index (χ0n) is 13.6. The second-order valence-electron chi connectivity index (χ2n) is 6.17. The van der Waals surface area contributed by atoms with Gasteiger partial charge in [-0.3, -0.25) is 4.79 Å². The molecule has 122 valence electrons. The van der Waals surface area contributed by atoms with Crippen molar-refractivity contribution in [3.8, 4) is 11.3 Å². The van der Waals surface area contributed by atoms with Gasteiger partial charge in [0.05, 0.1) is 0 Å². The smallest absolute Gasteiger partial charge is 0.242 e. The molecule has 0 aliphatic carbocycles. The molecular weight excluding hydrogens is 298 g/mol. The maximum Gasteiger partial charge on any atom is 0.242 e. The number of rotatable bonds is 3. The summed E-state index contributed by atoms with van der Waals surface area (Å²) >= 11 is 0. The lowest BCUT2D eigenvalue weighted by Crippen LogP contribution is -2.47. The summed E-state index contributed by atoms with van der Waals surface area (Å²) in [5, 5.41) is 4.47. The highest BCUT2D eigenvalue weighted by atomic mass is 16.2. The zero-order chi connectivity index (χ0) is 16.4. The third-order valence-corrected chi connectivity index (χ3v) is 4.64. The van der Waals surface area contributed by atoms with Crippen LogP contribution in [0.25, 0.3) is 22.2 Å². The summed E-state index contributed by atoms with van der Waals surface area (Å²) < 4.78 is 2.15. The zero-order valence-corrected chi connectivity index (χ0v) is 13.6. The van der Waals surface area contributed by atoms with Crippen LogP contribution < -0.4 is 5.32 Å². The van der Waals surface area contributed by atoms with Crippen molar-refractivity contribution < 1.29 is 4.79 Å². The average Bonchev–Trinajstić information content (AvgIpc) is 3.02. The fraction of sp³-hybridized carbons (Fsp3) is 0.250. The number of piperazine rings is 1. The third-order valence-electron chi connectivity index (χ3n) is 4.64. The summed E-state index contributed by atoms with van der Waals surface area (Å²) in [5.41, 5.74) is 3.35. The second-order valence-corrected chi connectivity index (χ2v) is 6.17. The Morgan fingerprint density at radius 3 is 2.46 bits per heavy atom. The number of carbonyl (C=O) groups excluding carboxylic acids is 1. The lowest BCUT2D eigenvalue weighted by Gasteiger charge is -2.28. The van der Waals surface area contributed by atoms with Crippen LogP contribution in [0.1, 0.15) is 0 Å². The molecule has 3 aromatic rings. The Balaban J connectivity index is 1.74. The number of nitrogens with zero attached hydrogens (tertiary/aromatic N) is 2. The van der Waals surface area contributed by atoms with Crippen LogP contribution >= 0.6 is 0 Å². The number of aromatic nitrogens is 1. The standard InChI is InChI=1S/C20H21N3O/c24-20(22-12-10-21-11-13-22)15-23-18-9-5-4-8-17(18)14-19(23)16-6-2-1-3-7-16/h1-9,14,21H,10-13,15H2. The van der Waals surface area contributed by atoms with Crippen LogP contribution in [0.4, 0.5) is 0 Å². The van der Waals surface area contributed by atoms with Gasteiger partial charge in [0, 0.05) is 42.8 Å². The number of amides is 1. The van der Waals surface area contributed by atoms with Crippen LogP contribution in [-0.4, -0.2) is 41.6 Å². The Bertz CT molecular complexity index is 848. The Morgan fingerprint density at radius 1 is 0.958 bits per heavy atom. The largest absolute Gasteiger partial charge is 0.339 e. The predicted molar refractivity (Wildman–Crippen MR) is 96.8 cm³/mol. The molecular formula is C20H21N3O. The molecule has 2 heterocycles. The van der Waals surface area contributed by atoms with Crippen molar-refractivity contribution in [3.05, 3.63) is 60.7 Å². The first kappa shape index (κ1) is 15.0. The molecule has 1 aliphatic heterocycles. The van der Waals surface area contributed by atoms with Crippen LogP contribution in [0.15, 0.2) is 60.7 Å². The number of hydrogen-bond acceptors (Lipinski definition) is 2. The quantitative estimate of drug-likeness (QED) is 0.806. The molecule has 0 atom stereocenters. The van der Waals surface area contributed by atoms with Crippen molar-refractivity contribution >= 4 is 16.8 Å². The Hall–Kier alpha value is -2.59. The minimum Gasteiger partial charge on any atom is -0.339 e. The van der Waals surface area contributed by atoms with E-state index in [0.717, 1.165) is 43.0 Å². The van der Waals surface area contributed by atoms with E-state index in [1.807, 2.05) is 35.2 Å². The molecule has 2 aromatic carbocycles. The summed E-state index contributed by atoms with van der Waals surface area (Å²) in [4.78, 5) is 14.7. The maximum absolute atomic E-state index is 12.8. The Kier molecular flexibility index (Phi) is 4.05. The van der Waals surface area contributed by atoms with Gasteiger partial charge in [-0.15, -0.1) is 0 Å². The van der Waals surface area contributed by atoms with Gasteiger partial charge in [-0.05, 0) is 17.7 Å². The lowest BCUT2D eigenvalue weighted by molar-refractivity contribution is -0.132. The van der Waals surface area contributed by atoms with Gasteiger partial charge in [0.1, 0.15) is 6.54 Å². The second kappa shape index (κ2) is 6.49. The number of hydrogen-bond donors (Lipinski definition) is 1. The summed E-state index contributed by atoms with van der Waals surface area (Å²) in [6.07, 6.45) is 0. The van der Waals surface area contributed by atoms with E-state index in [-0.39, 0.29) is 5.91 Å². The molecule has 1 fully saturated rings. The SMILES string of the molecule is O=C(Cn1c(-c2ccccc2)cc2ccccc21)N1CCNCC1. The van der Waals surface area contributed by atoms with Gasteiger partial charge in [-0.1, -0.05) is 48.5 Å². The maximum atomic E-state index is 12.8. The number of para-hydroxylation sites is 1. The first-order valence-corrected chi connectivity index (χ1v) is 8.45. The summed E-state index contributed by atoms with van der Waals surface area (Å²) in [7, 11) is 0. The average molecular weight is 319 g/mol. The molecule has 1 N–H and O–H groups in total. The van der Waals surface area contributed by atoms with Gasteiger partial charge in [-0.2, -0.15) is 0 Å². The van der Waals surface area contributed by atoms with Crippen LogP contribution in [-0.2, 0) is 11.3 Å². The van der Waals surface area contributed by atoms with E-state index in [4.69, 9.17) is 0 Å². The fourth-order valence-corrected chi connectivity index (χ4v) is 3.38. The Morgan fingerprint density at radius 2 is 1.67 bits per heavy atom. The minimum absolute atomic E-state index is 0.190. The monoisotopic (exact) mass is 319 g/mol.